The number of carbonyl (C=O) groups is 1. The summed E-state index contributed by atoms with van der Waals surface area (Å²) in [5.41, 5.74) is 0. The lowest BCUT2D eigenvalue weighted by Crippen LogP contribution is -2.40. The smallest absolute Gasteiger partial charge is 0.389 e. The normalized spacial score (nSPS) is 23.8. The first-order valence-corrected chi connectivity index (χ1v) is 8.43. The Morgan fingerprint density at radius 2 is 1.81 bits per heavy atom. The van der Waals surface area contributed by atoms with E-state index in [4.69, 9.17) is 0 Å². The molecule has 9 heteroatoms. The van der Waals surface area contributed by atoms with E-state index in [1.54, 1.807) is 0 Å². The third kappa shape index (κ3) is 7.12. The Labute approximate surface area is 122 Å². The lowest BCUT2D eigenvalue weighted by atomic mass is 9.86. The summed E-state index contributed by atoms with van der Waals surface area (Å²) in [5, 5.41) is 0. The molecule has 0 aromatic carbocycles. The second-order valence-corrected chi connectivity index (χ2v) is 7.10. The number of methoxy groups -OCH3 is 1. The molecule has 1 N–H and O–H groups in total. The molecule has 0 aromatic rings. The fourth-order valence-corrected chi connectivity index (χ4v) is 3.77. The zero-order chi connectivity index (χ0) is 16.1. The first-order chi connectivity index (χ1) is 9.63. The lowest BCUT2D eigenvalue weighted by molar-refractivity contribution is -0.146. The Balaban J connectivity index is 2.35. The maximum absolute atomic E-state index is 12.0. The van der Waals surface area contributed by atoms with Crippen LogP contribution < -0.4 is 4.72 Å². The van der Waals surface area contributed by atoms with E-state index in [1.165, 1.54) is 7.11 Å². The van der Waals surface area contributed by atoms with Crippen LogP contribution in [0.15, 0.2) is 0 Å². The van der Waals surface area contributed by atoms with Gasteiger partial charge < -0.3 is 4.74 Å². The van der Waals surface area contributed by atoms with E-state index in [0.29, 0.717) is 25.7 Å². The van der Waals surface area contributed by atoms with Gasteiger partial charge in [0.05, 0.1) is 18.8 Å². The molecular weight excluding hydrogens is 311 g/mol. The van der Waals surface area contributed by atoms with Gasteiger partial charge in [-0.3, -0.25) is 4.79 Å². The molecule has 0 spiro atoms. The number of hydrogen-bond acceptors (Lipinski definition) is 4. The number of rotatable bonds is 6. The van der Waals surface area contributed by atoms with E-state index in [-0.39, 0.29) is 17.9 Å². The van der Waals surface area contributed by atoms with Crippen molar-refractivity contribution >= 4 is 16.0 Å². The molecule has 1 fully saturated rings. The molecule has 21 heavy (non-hydrogen) atoms. The molecule has 1 rings (SSSR count). The molecule has 0 heterocycles. The standard InChI is InChI=1S/C12H20F3NO4S/c1-20-11(17)9-3-5-10(6-4-9)16-21(18,19)8-2-7-12(13,14)15/h9-10,16H,2-8H2,1H3. The molecule has 0 saturated heterocycles. The van der Waals surface area contributed by atoms with Crippen molar-refractivity contribution in [2.45, 2.75) is 50.7 Å². The third-order valence-corrected chi connectivity index (χ3v) is 5.00. The summed E-state index contributed by atoms with van der Waals surface area (Å²) in [4.78, 5) is 11.3. The molecule has 0 atom stereocenters. The summed E-state index contributed by atoms with van der Waals surface area (Å²) in [6, 6.07) is -0.318. The molecule has 0 bridgehead atoms. The van der Waals surface area contributed by atoms with Crippen LogP contribution in [0.5, 0.6) is 0 Å². The molecular formula is C12H20F3NO4S. The van der Waals surface area contributed by atoms with Crippen LogP contribution in [0.4, 0.5) is 13.2 Å². The summed E-state index contributed by atoms with van der Waals surface area (Å²) >= 11 is 0. The minimum Gasteiger partial charge on any atom is -0.469 e. The molecule has 5 nitrogen and oxygen atoms in total. The van der Waals surface area contributed by atoms with Gasteiger partial charge in [-0.2, -0.15) is 13.2 Å². The summed E-state index contributed by atoms with van der Waals surface area (Å²) in [7, 11) is -2.41. The predicted molar refractivity (Wildman–Crippen MR) is 70.0 cm³/mol. The van der Waals surface area contributed by atoms with Crippen LogP contribution in [0, 0.1) is 5.92 Å². The van der Waals surface area contributed by atoms with Gasteiger partial charge in [-0.1, -0.05) is 0 Å². The van der Waals surface area contributed by atoms with Crippen LogP contribution in [0.25, 0.3) is 0 Å². The number of carbonyl (C=O) groups excluding carboxylic acids is 1. The van der Waals surface area contributed by atoms with Gasteiger partial charge in [-0.15, -0.1) is 0 Å². The topological polar surface area (TPSA) is 72.5 Å². The Morgan fingerprint density at radius 3 is 2.29 bits per heavy atom. The highest BCUT2D eigenvalue weighted by molar-refractivity contribution is 7.89. The van der Waals surface area contributed by atoms with Crippen LogP contribution in [0.2, 0.25) is 0 Å². The predicted octanol–water partition coefficient (Wildman–Crippen LogP) is 1.98. The Bertz CT molecular complexity index is 442. The van der Waals surface area contributed by atoms with Crippen molar-refractivity contribution in [3.8, 4) is 0 Å². The zero-order valence-electron chi connectivity index (χ0n) is 11.8. The molecule has 0 radical (unpaired) electrons. The second-order valence-electron chi connectivity index (χ2n) is 5.23. The maximum Gasteiger partial charge on any atom is 0.389 e. The molecule has 0 aromatic heterocycles. The number of esters is 1. The van der Waals surface area contributed by atoms with Gasteiger partial charge in [-0.25, -0.2) is 13.1 Å². The number of nitrogens with one attached hydrogen (secondary N) is 1. The summed E-state index contributed by atoms with van der Waals surface area (Å²) in [6.45, 7) is 0. The summed E-state index contributed by atoms with van der Waals surface area (Å²) < 4.78 is 66.4. The van der Waals surface area contributed by atoms with Crippen molar-refractivity contribution in [2.75, 3.05) is 12.9 Å². The average molecular weight is 331 g/mol. The summed E-state index contributed by atoms with van der Waals surface area (Å²) in [6.07, 6.45) is -3.89. The number of hydrogen-bond donors (Lipinski definition) is 1. The van der Waals surface area contributed by atoms with Gasteiger partial charge in [0.1, 0.15) is 0 Å². The van der Waals surface area contributed by atoms with Gasteiger partial charge in [0.15, 0.2) is 0 Å². The van der Waals surface area contributed by atoms with Gasteiger partial charge in [0.25, 0.3) is 0 Å². The van der Waals surface area contributed by atoms with Gasteiger partial charge in [-0.05, 0) is 32.1 Å². The monoisotopic (exact) mass is 331 g/mol. The Morgan fingerprint density at radius 1 is 1.24 bits per heavy atom. The molecule has 1 aliphatic rings. The van der Waals surface area contributed by atoms with Crippen molar-refractivity contribution in [1.82, 2.24) is 4.72 Å². The molecule has 0 amide bonds. The number of alkyl halides is 3. The highest BCUT2D eigenvalue weighted by Gasteiger charge is 2.30. The van der Waals surface area contributed by atoms with Crippen LogP contribution in [-0.4, -0.2) is 39.5 Å². The lowest BCUT2D eigenvalue weighted by Gasteiger charge is -2.27. The van der Waals surface area contributed by atoms with Crippen LogP contribution in [0.3, 0.4) is 0 Å². The zero-order valence-corrected chi connectivity index (χ0v) is 12.6. The molecule has 1 saturated carbocycles. The van der Waals surface area contributed by atoms with Crippen LogP contribution in [0.1, 0.15) is 38.5 Å². The average Bonchev–Trinajstić information content (AvgIpc) is 2.36. The minimum absolute atomic E-state index is 0.221. The van der Waals surface area contributed by atoms with Crippen molar-refractivity contribution in [1.29, 1.82) is 0 Å². The molecule has 1 aliphatic carbocycles. The fourth-order valence-electron chi connectivity index (χ4n) is 2.39. The summed E-state index contributed by atoms with van der Waals surface area (Å²) in [5.74, 6) is -1.06. The van der Waals surface area contributed by atoms with E-state index in [1.807, 2.05) is 0 Å². The first kappa shape index (κ1) is 18.2. The van der Waals surface area contributed by atoms with Crippen molar-refractivity contribution in [3.63, 3.8) is 0 Å². The van der Waals surface area contributed by atoms with Crippen LogP contribution in [-0.2, 0) is 19.6 Å². The van der Waals surface area contributed by atoms with Gasteiger partial charge >= 0.3 is 12.1 Å². The number of ether oxygens (including phenoxy) is 1. The fraction of sp³-hybridized carbons (Fsp3) is 0.917. The van der Waals surface area contributed by atoms with E-state index in [9.17, 15) is 26.4 Å². The molecule has 124 valence electrons. The van der Waals surface area contributed by atoms with E-state index < -0.39 is 34.8 Å². The Kier molecular flexibility index (Phi) is 6.45. The minimum atomic E-state index is -4.34. The third-order valence-electron chi connectivity index (χ3n) is 3.48. The highest BCUT2D eigenvalue weighted by atomic mass is 32.2. The van der Waals surface area contributed by atoms with Crippen LogP contribution >= 0.6 is 0 Å². The second kappa shape index (κ2) is 7.44. The largest absolute Gasteiger partial charge is 0.469 e. The van der Waals surface area contributed by atoms with E-state index in [2.05, 4.69) is 9.46 Å². The SMILES string of the molecule is COC(=O)C1CCC(NS(=O)(=O)CCCC(F)(F)F)CC1. The molecule has 0 aliphatic heterocycles. The van der Waals surface area contributed by atoms with Crippen molar-refractivity contribution in [3.05, 3.63) is 0 Å². The first-order valence-electron chi connectivity index (χ1n) is 6.77. The van der Waals surface area contributed by atoms with Gasteiger partial charge in [0, 0.05) is 12.5 Å². The molecule has 0 unspecified atom stereocenters. The van der Waals surface area contributed by atoms with Gasteiger partial charge in [0.2, 0.25) is 10.0 Å². The maximum atomic E-state index is 12.0. The quantitative estimate of drug-likeness (QED) is 0.756. The van der Waals surface area contributed by atoms with Crippen molar-refractivity contribution < 1.29 is 31.1 Å². The van der Waals surface area contributed by atoms with Crippen molar-refractivity contribution in [2.24, 2.45) is 5.92 Å². The van der Waals surface area contributed by atoms with E-state index in [0.717, 1.165) is 0 Å². The Hall–Kier alpha value is -0.830. The highest BCUT2D eigenvalue weighted by Crippen LogP contribution is 2.26. The van der Waals surface area contributed by atoms with E-state index >= 15 is 0 Å². The number of sulfonamides is 1. The number of halogens is 3.